The summed E-state index contributed by atoms with van der Waals surface area (Å²) in [6.07, 6.45) is 6.23. The molecule has 0 radical (unpaired) electrons. The maximum absolute atomic E-state index is 6.24. The third-order valence-corrected chi connectivity index (χ3v) is 5.54. The molecule has 1 aliphatic carbocycles. The minimum atomic E-state index is 0.373. The van der Waals surface area contributed by atoms with Crippen molar-refractivity contribution in [1.29, 1.82) is 0 Å². The molecular formula is C23H23N5O. The van der Waals surface area contributed by atoms with E-state index in [1.807, 2.05) is 47.1 Å². The van der Waals surface area contributed by atoms with Crippen LogP contribution in [0.3, 0.4) is 0 Å². The Morgan fingerprint density at radius 1 is 1.00 bits per heavy atom. The van der Waals surface area contributed by atoms with Crippen molar-refractivity contribution >= 4 is 16.9 Å². The highest BCUT2D eigenvalue weighted by molar-refractivity contribution is 5.98. The average Bonchev–Trinajstić information content (AvgIpc) is 3.42. The summed E-state index contributed by atoms with van der Waals surface area (Å²) in [5.74, 6) is 1.26. The lowest BCUT2D eigenvalue weighted by atomic mass is 10.1. The second-order valence-corrected chi connectivity index (χ2v) is 7.49. The van der Waals surface area contributed by atoms with Crippen molar-refractivity contribution in [2.45, 2.75) is 38.3 Å². The van der Waals surface area contributed by atoms with Crippen molar-refractivity contribution in [2.24, 2.45) is 0 Å². The van der Waals surface area contributed by atoms with Crippen molar-refractivity contribution in [2.75, 3.05) is 5.73 Å². The molecule has 6 heteroatoms. The van der Waals surface area contributed by atoms with Gasteiger partial charge >= 0.3 is 0 Å². The van der Waals surface area contributed by atoms with Gasteiger partial charge in [-0.15, -0.1) is 0 Å². The monoisotopic (exact) mass is 385 g/mol. The summed E-state index contributed by atoms with van der Waals surface area (Å²) in [6, 6.07) is 18.5. The Labute approximate surface area is 169 Å². The van der Waals surface area contributed by atoms with Crippen molar-refractivity contribution < 1.29 is 4.74 Å². The molecule has 2 heterocycles. The van der Waals surface area contributed by atoms with Gasteiger partial charge in [-0.05, 0) is 30.5 Å². The van der Waals surface area contributed by atoms with Crippen LogP contribution >= 0.6 is 0 Å². The molecular weight excluding hydrogens is 362 g/mol. The van der Waals surface area contributed by atoms with Gasteiger partial charge in [-0.3, -0.25) is 0 Å². The third kappa shape index (κ3) is 3.42. The highest BCUT2D eigenvalue weighted by Gasteiger charge is 2.24. The number of hydrogen-bond acceptors (Lipinski definition) is 5. The highest BCUT2D eigenvalue weighted by atomic mass is 16.5. The first kappa shape index (κ1) is 17.7. The lowest BCUT2D eigenvalue weighted by Crippen LogP contribution is -2.07. The molecule has 2 aromatic carbocycles. The van der Waals surface area contributed by atoms with Crippen molar-refractivity contribution in [3.05, 3.63) is 66.5 Å². The summed E-state index contributed by atoms with van der Waals surface area (Å²) >= 11 is 0. The topological polar surface area (TPSA) is 78.8 Å². The van der Waals surface area contributed by atoms with Crippen LogP contribution in [0.15, 0.2) is 60.9 Å². The molecule has 4 aromatic rings. The highest BCUT2D eigenvalue weighted by Crippen LogP contribution is 2.37. The largest absolute Gasteiger partial charge is 0.489 e. The van der Waals surface area contributed by atoms with Crippen molar-refractivity contribution in [3.8, 4) is 17.0 Å². The molecule has 0 spiro atoms. The number of anilines is 1. The number of fused-ring (bicyclic) bond motifs is 1. The van der Waals surface area contributed by atoms with Crippen LogP contribution in [-0.4, -0.2) is 19.7 Å². The summed E-state index contributed by atoms with van der Waals surface area (Å²) in [5.41, 5.74) is 9.96. The van der Waals surface area contributed by atoms with Crippen LogP contribution < -0.4 is 10.5 Å². The number of nitrogen functional groups attached to an aromatic ring is 1. The number of benzene rings is 2. The summed E-state index contributed by atoms with van der Waals surface area (Å²) in [4.78, 5) is 8.72. The molecule has 5 rings (SSSR count). The quantitative estimate of drug-likeness (QED) is 0.535. The molecule has 146 valence electrons. The second kappa shape index (κ2) is 7.54. The number of nitrogens with two attached hydrogens (primary N) is 1. The Balaban J connectivity index is 1.52. The maximum Gasteiger partial charge on any atom is 0.164 e. The smallest absolute Gasteiger partial charge is 0.164 e. The number of rotatable bonds is 5. The molecule has 1 saturated carbocycles. The molecule has 0 bridgehead atoms. The van der Waals surface area contributed by atoms with Gasteiger partial charge in [-0.2, -0.15) is 5.10 Å². The number of hydrogen-bond donors (Lipinski definition) is 1. The molecule has 0 aliphatic heterocycles. The summed E-state index contributed by atoms with van der Waals surface area (Å²) in [5, 5.41) is 5.76. The number of nitrogens with zero attached hydrogens (tertiary/aromatic N) is 4. The predicted molar refractivity (Wildman–Crippen MR) is 113 cm³/mol. The minimum Gasteiger partial charge on any atom is -0.489 e. The van der Waals surface area contributed by atoms with Crippen LogP contribution in [-0.2, 0) is 6.61 Å². The van der Waals surface area contributed by atoms with Gasteiger partial charge in [0.1, 0.15) is 30.2 Å². The molecule has 29 heavy (non-hydrogen) atoms. The zero-order chi connectivity index (χ0) is 19.6. The van der Waals surface area contributed by atoms with Gasteiger partial charge in [0.15, 0.2) is 5.65 Å². The fourth-order valence-corrected chi connectivity index (χ4v) is 4.07. The fourth-order valence-electron chi connectivity index (χ4n) is 4.07. The normalized spacial score (nSPS) is 14.5. The van der Waals surface area contributed by atoms with E-state index in [-0.39, 0.29) is 0 Å². The summed E-state index contributed by atoms with van der Waals surface area (Å²) in [6.45, 7) is 0.521. The molecule has 0 amide bonds. The van der Waals surface area contributed by atoms with Crippen LogP contribution in [0.5, 0.6) is 5.75 Å². The maximum atomic E-state index is 6.24. The van der Waals surface area contributed by atoms with E-state index in [2.05, 4.69) is 22.1 Å². The van der Waals surface area contributed by atoms with E-state index in [9.17, 15) is 0 Å². The molecule has 0 saturated heterocycles. The van der Waals surface area contributed by atoms with Gasteiger partial charge in [0.25, 0.3) is 0 Å². The van der Waals surface area contributed by atoms with E-state index < -0.39 is 0 Å². The fraction of sp³-hybridized carbons (Fsp3) is 0.261. The lowest BCUT2D eigenvalue weighted by Gasteiger charge is -2.10. The van der Waals surface area contributed by atoms with Gasteiger partial charge in [-0.25, -0.2) is 14.6 Å². The van der Waals surface area contributed by atoms with Gasteiger partial charge in [0, 0.05) is 5.56 Å². The van der Waals surface area contributed by atoms with Crippen LogP contribution in [0.1, 0.15) is 37.3 Å². The van der Waals surface area contributed by atoms with E-state index >= 15 is 0 Å². The molecule has 1 aliphatic rings. The van der Waals surface area contributed by atoms with Gasteiger partial charge in [-0.1, -0.05) is 55.3 Å². The Bertz CT molecular complexity index is 1130. The van der Waals surface area contributed by atoms with Crippen LogP contribution in [0, 0.1) is 0 Å². The van der Waals surface area contributed by atoms with Gasteiger partial charge in [0.2, 0.25) is 0 Å². The molecule has 0 unspecified atom stereocenters. The Morgan fingerprint density at radius 3 is 2.66 bits per heavy atom. The zero-order valence-electron chi connectivity index (χ0n) is 16.2. The van der Waals surface area contributed by atoms with Crippen LogP contribution in [0.25, 0.3) is 22.3 Å². The number of aromatic nitrogens is 4. The standard InChI is InChI=1S/C23H23N5O/c24-22-20-21(27-28(18-10-4-5-11-18)23(20)26-15-25-22)17-9-6-12-19(13-17)29-14-16-7-2-1-3-8-16/h1-3,6-9,12-13,15,18H,4-5,10-11,14H2,(H2,24,25,26). The SMILES string of the molecule is Nc1ncnc2c1c(-c1cccc(OCc3ccccc3)c1)nn2C1CCCC1. The summed E-state index contributed by atoms with van der Waals surface area (Å²) in [7, 11) is 0. The molecule has 0 atom stereocenters. The van der Waals surface area contributed by atoms with Crippen molar-refractivity contribution in [1.82, 2.24) is 19.7 Å². The Kier molecular flexibility index (Phi) is 4.60. The summed E-state index contributed by atoms with van der Waals surface area (Å²) < 4.78 is 8.05. The zero-order valence-corrected chi connectivity index (χ0v) is 16.2. The van der Waals surface area contributed by atoms with E-state index in [1.165, 1.54) is 19.2 Å². The molecule has 2 N–H and O–H groups in total. The molecule has 1 fully saturated rings. The van der Waals surface area contributed by atoms with Crippen LogP contribution in [0.4, 0.5) is 5.82 Å². The van der Waals surface area contributed by atoms with Gasteiger partial charge in [0.05, 0.1) is 11.4 Å². The minimum absolute atomic E-state index is 0.373. The third-order valence-electron chi connectivity index (χ3n) is 5.54. The molecule has 6 nitrogen and oxygen atoms in total. The first-order valence-corrected chi connectivity index (χ1v) is 10.1. The average molecular weight is 385 g/mol. The molecule has 2 aromatic heterocycles. The lowest BCUT2D eigenvalue weighted by molar-refractivity contribution is 0.306. The van der Waals surface area contributed by atoms with Crippen LogP contribution in [0.2, 0.25) is 0 Å². The first-order valence-electron chi connectivity index (χ1n) is 10.1. The van der Waals surface area contributed by atoms with Gasteiger partial charge < -0.3 is 10.5 Å². The van der Waals surface area contributed by atoms with E-state index in [0.717, 1.165) is 46.4 Å². The Hall–Kier alpha value is -3.41. The Morgan fingerprint density at radius 2 is 1.83 bits per heavy atom. The first-order chi connectivity index (χ1) is 14.3. The van der Waals surface area contributed by atoms with E-state index in [0.29, 0.717) is 18.5 Å². The van der Waals surface area contributed by atoms with E-state index in [1.54, 1.807) is 0 Å². The second-order valence-electron chi connectivity index (χ2n) is 7.49. The predicted octanol–water partition coefficient (Wildman–Crippen LogP) is 4.77. The van der Waals surface area contributed by atoms with Crippen molar-refractivity contribution in [3.63, 3.8) is 0 Å². The van der Waals surface area contributed by atoms with E-state index in [4.69, 9.17) is 15.6 Å². The number of ether oxygens (including phenoxy) is 1.